The molecule has 0 radical (unpaired) electrons. The van der Waals surface area contributed by atoms with E-state index in [1.54, 1.807) is 24.5 Å². The minimum absolute atomic E-state index is 0.166. The van der Waals surface area contributed by atoms with Gasteiger partial charge >= 0.3 is 0 Å². The Bertz CT molecular complexity index is 1250. The van der Waals surface area contributed by atoms with Crippen molar-refractivity contribution in [2.45, 2.75) is 18.6 Å². The van der Waals surface area contributed by atoms with Gasteiger partial charge in [-0.05, 0) is 66.8 Å². The molecule has 0 aliphatic carbocycles. The molecule has 5 nitrogen and oxygen atoms in total. The molecule has 5 rings (SSSR count). The number of hydrogen-bond acceptors (Lipinski definition) is 4. The molecule has 4 aromatic rings. The minimum atomic E-state index is -0.198. The topological polar surface area (TPSA) is 54.2 Å². The van der Waals surface area contributed by atoms with Crippen LogP contribution in [0.5, 0.6) is 0 Å². The second-order valence-electron chi connectivity index (χ2n) is 7.41. The molecule has 1 aliphatic heterocycles. The van der Waals surface area contributed by atoms with E-state index in [0.29, 0.717) is 27.5 Å². The molecule has 1 N–H and O–H groups in total. The molecule has 2 atom stereocenters. The summed E-state index contributed by atoms with van der Waals surface area (Å²) in [4.78, 5) is 11.1. The van der Waals surface area contributed by atoms with Gasteiger partial charge in [-0.2, -0.15) is 0 Å². The third-order valence-electron chi connectivity index (χ3n) is 5.38. The third kappa shape index (κ3) is 4.09. The number of nitrogens with zero attached hydrogens (tertiary/aromatic N) is 3. The Morgan fingerprint density at radius 1 is 0.938 bits per heavy atom. The third-order valence-corrected chi connectivity index (χ3v) is 6.47. The van der Waals surface area contributed by atoms with E-state index in [4.69, 9.17) is 39.8 Å². The van der Waals surface area contributed by atoms with Crippen molar-refractivity contribution in [3.63, 3.8) is 0 Å². The lowest BCUT2D eigenvalue weighted by molar-refractivity contribution is 0.267. The molecule has 1 saturated heterocycles. The second-order valence-corrected chi connectivity index (χ2v) is 8.61. The Labute approximate surface area is 201 Å². The van der Waals surface area contributed by atoms with Gasteiger partial charge in [0.05, 0.1) is 34.0 Å². The molecular weight excluding hydrogens is 463 g/mol. The van der Waals surface area contributed by atoms with Crippen LogP contribution in [0.1, 0.15) is 29.2 Å². The van der Waals surface area contributed by atoms with Crippen molar-refractivity contribution in [2.24, 2.45) is 0 Å². The number of pyridine rings is 2. The Kier molecular flexibility index (Phi) is 5.83. The van der Waals surface area contributed by atoms with Gasteiger partial charge in [0.15, 0.2) is 5.11 Å². The van der Waals surface area contributed by atoms with Gasteiger partial charge in [0.25, 0.3) is 0 Å². The van der Waals surface area contributed by atoms with Gasteiger partial charge in [0, 0.05) is 18.0 Å². The standard InChI is InChI=1S/C24H18Cl2N4OS/c25-17-8-7-15(13-18(17)26)20-9-10-21(31-20)23-22(19-6-2-4-12-28-19)29-24(32)30(23)14-16-5-1-3-11-27-16/h1-13,22-23H,14H2,(H,29,32)/t22-,23-/m1/s1. The van der Waals surface area contributed by atoms with E-state index < -0.39 is 0 Å². The Hall–Kier alpha value is -2.93. The number of furan rings is 1. The SMILES string of the molecule is S=C1N[C@H](c2ccccn2)[C@@H](c2ccc(-c3ccc(Cl)c(Cl)c3)o2)N1Cc1ccccn1. The summed E-state index contributed by atoms with van der Waals surface area (Å²) in [6, 6.07) is 20.7. The van der Waals surface area contributed by atoms with Crippen molar-refractivity contribution in [1.29, 1.82) is 0 Å². The molecule has 1 aromatic carbocycles. The van der Waals surface area contributed by atoms with Crippen LogP contribution in [0.4, 0.5) is 0 Å². The summed E-state index contributed by atoms with van der Waals surface area (Å²) in [6.45, 7) is 0.545. The predicted octanol–water partition coefficient (Wildman–Crippen LogP) is 6.22. The number of hydrogen-bond donors (Lipinski definition) is 1. The van der Waals surface area contributed by atoms with Crippen molar-refractivity contribution in [1.82, 2.24) is 20.2 Å². The smallest absolute Gasteiger partial charge is 0.170 e. The van der Waals surface area contributed by atoms with Crippen LogP contribution in [-0.2, 0) is 6.54 Å². The van der Waals surface area contributed by atoms with Gasteiger partial charge in [0.1, 0.15) is 17.6 Å². The van der Waals surface area contributed by atoms with Crippen molar-refractivity contribution in [3.05, 3.63) is 106 Å². The molecule has 0 spiro atoms. The maximum absolute atomic E-state index is 6.33. The fraction of sp³-hybridized carbons (Fsp3) is 0.125. The largest absolute Gasteiger partial charge is 0.459 e. The normalized spacial score (nSPS) is 18.1. The van der Waals surface area contributed by atoms with E-state index in [1.165, 1.54) is 0 Å². The predicted molar refractivity (Wildman–Crippen MR) is 129 cm³/mol. The maximum atomic E-state index is 6.33. The van der Waals surface area contributed by atoms with Crippen LogP contribution in [0.2, 0.25) is 10.0 Å². The highest BCUT2D eigenvalue weighted by Gasteiger charge is 2.41. The van der Waals surface area contributed by atoms with E-state index in [0.717, 1.165) is 22.7 Å². The molecule has 1 aliphatic rings. The summed E-state index contributed by atoms with van der Waals surface area (Å²) < 4.78 is 6.33. The van der Waals surface area contributed by atoms with E-state index in [9.17, 15) is 0 Å². The average molecular weight is 481 g/mol. The van der Waals surface area contributed by atoms with E-state index in [2.05, 4.69) is 20.2 Å². The first-order chi connectivity index (χ1) is 15.6. The lowest BCUT2D eigenvalue weighted by atomic mass is 10.0. The monoisotopic (exact) mass is 480 g/mol. The highest BCUT2D eigenvalue weighted by atomic mass is 35.5. The molecular formula is C24H18Cl2N4OS. The van der Waals surface area contributed by atoms with Crippen LogP contribution < -0.4 is 5.32 Å². The number of halogens is 2. The molecule has 32 heavy (non-hydrogen) atoms. The Balaban J connectivity index is 1.54. The summed E-state index contributed by atoms with van der Waals surface area (Å²) in [5.41, 5.74) is 2.65. The quantitative estimate of drug-likeness (QED) is 0.342. The number of benzene rings is 1. The van der Waals surface area contributed by atoms with Gasteiger partial charge < -0.3 is 14.6 Å². The van der Waals surface area contributed by atoms with Crippen LogP contribution in [0.15, 0.2) is 83.5 Å². The van der Waals surface area contributed by atoms with Crippen molar-refractivity contribution in [2.75, 3.05) is 0 Å². The summed E-state index contributed by atoms with van der Waals surface area (Å²) in [5, 5.41) is 5.04. The average Bonchev–Trinajstić information content (AvgIpc) is 3.42. The first-order valence-electron chi connectivity index (χ1n) is 10.0. The molecule has 0 bridgehead atoms. The summed E-state index contributed by atoms with van der Waals surface area (Å²) in [6.07, 6.45) is 3.56. The summed E-state index contributed by atoms with van der Waals surface area (Å²) in [5.74, 6) is 1.47. The summed E-state index contributed by atoms with van der Waals surface area (Å²) >= 11 is 18.0. The molecule has 8 heteroatoms. The van der Waals surface area contributed by atoms with Crippen molar-refractivity contribution >= 4 is 40.5 Å². The Morgan fingerprint density at radius 3 is 2.47 bits per heavy atom. The zero-order valence-corrected chi connectivity index (χ0v) is 19.1. The van der Waals surface area contributed by atoms with Crippen LogP contribution >= 0.6 is 35.4 Å². The Morgan fingerprint density at radius 2 is 1.75 bits per heavy atom. The van der Waals surface area contributed by atoms with Gasteiger partial charge in [-0.15, -0.1) is 0 Å². The maximum Gasteiger partial charge on any atom is 0.170 e. The van der Waals surface area contributed by atoms with Crippen molar-refractivity contribution < 1.29 is 4.42 Å². The number of nitrogens with one attached hydrogen (secondary N) is 1. The van der Waals surface area contributed by atoms with Crippen LogP contribution in [-0.4, -0.2) is 20.0 Å². The van der Waals surface area contributed by atoms with Crippen LogP contribution in [0, 0.1) is 0 Å². The minimum Gasteiger partial charge on any atom is -0.459 e. The van der Waals surface area contributed by atoms with Gasteiger partial charge in [-0.3, -0.25) is 9.97 Å². The van der Waals surface area contributed by atoms with Crippen LogP contribution in [0.3, 0.4) is 0 Å². The molecule has 0 amide bonds. The highest BCUT2D eigenvalue weighted by molar-refractivity contribution is 7.80. The van der Waals surface area contributed by atoms with Gasteiger partial charge in [-0.25, -0.2) is 0 Å². The molecule has 0 saturated carbocycles. The van der Waals surface area contributed by atoms with E-state index >= 15 is 0 Å². The van der Waals surface area contributed by atoms with Crippen LogP contribution in [0.25, 0.3) is 11.3 Å². The lowest BCUT2D eigenvalue weighted by Gasteiger charge is -2.25. The zero-order valence-electron chi connectivity index (χ0n) is 16.8. The number of rotatable bonds is 5. The molecule has 1 fully saturated rings. The fourth-order valence-electron chi connectivity index (χ4n) is 3.87. The lowest BCUT2D eigenvalue weighted by Crippen LogP contribution is -2.29. The van der Waals surface area contributed by atoms with Gasteiger partial charge in [0.2, 0.25) is 0 Å². The first kappa shape index (κ1) is 20.9. The fourth-order valence-corrected chi connectivity index (χ4v) is 4.47. The molecule has 0 unspecified atom stereocenters. The van der Waals surface area contributed by atoms with Crippen molar-refractivity contribution in [3.8, 4) is 11.3 Å². The number of thiocarbonyl (C=S) groups is 1. The summed E-state index contributed by atoms with van der Waals surface area (Å²) in [7, 11) is 0. The molecule has 4 heterocycles. The molecule has 160 valence electrons. The van der Waals surface area contributed by atoms with E-state index in [-0.39, 0.29) is 12.1 Å². The van der Waals surface area contributed by atoms with Gasteiger partial charge in [-0.1, -0.05) is 35.3 Å². The number of aromatic nitrogens is 2. The van der Waals surface area contributed by atoms with E-state index in [1.807, 2.05) is 54.6 Å². The highest BCUT2D eigenvalue weighted by Crippen LogP contribution is 2.41. The first-order valence-corrected chi connectivity index (χ1v) is 11.2. The molecule has 3 aromatic heterocycles. The second kappa shape index (κ2) is 8.90. The zero-order chi connectivity index (χ0) is 22.1.